The van der Waals surface area contributed by atoms with Crippen LogP contribution in [-0.2, 0) is 16.0 Å². The summed E-state index contributed by atoms with van der Waals surface area (Å²) in [6.45, 7) is -2.03. The van der Waals surface area contributed by atoms with Gasteiger partial charge in [0.1, 0.15) is 5.75 Å². The zero-order chi connectivity index (χ0) is 21.1. The summed E-state index contributed by atoms with van der Waals surface area (Å²) in [5.74, 6) is 0.551. The largest absolute Gasteiger partial charge is 0.454 e. The second-order valence-corrected chi connectivity index (χ2v) is 7.01. The molecule has 0 aromatic heterocycles. The van der Waals surface area contributed by atoms with Gasteiger partial charge >= 0.3 is 6.61 Å². The van der Waals surface area contributed by atoms with Crippen LogP contribution in [0.1, 0.15) is 12.0 Å². The first-order valence-corrected chi connectivity index (χ1v) is 9.51. The number of rotatable bonds is 7. The highest BCUT2D eigenvalue weighted by Gasteiger charge is 2.35. The van der Waals surface area contributed by atoms with Gasteiger partial charge in [0.05, 0.1) is 5.92 Å². The number of hydrogen-bond acceptors (Lipinski definition) is 5. The molecule has 2 amide bonds. The first-order chi connectivity index (χ1) is 14.5. The van der Waals surface area contributed by atoms with E-state index in [-0.39, 0.29) is 30.8 Å². The van der Waals surface area contributed by atoms with Gasteiger partial charge in [-0.15, -0.1) is 0 Å². The predicted octanol–water partition coefficient (Wildman–Crippen LogP) is 2.73. The molecule has 0 spiro atoms. The maximum absolute atomic E-state index is 12.5. The highest BCUT2D eigenvalue weighted by atomic mass is 19.3. The van der Waals surface area contributed by atoms with Crippen LogP contribution in [0.3, 0.4) is 0 Å². The number of nitrogens with one attached hydrogen (secondary N) is 1. The lowest BCUT2D eigenvalue weighted by Crippen LogP contribution is -2.34. The maximum Gasteiger partial charge on any atom is 0.387 e. The van der Waals surface area contributed by atoms with E-state index in [1.54, 1.807) is 35.2 Å². The van der Waals surface area contributed by atoms with Gasteiger partial charge < -0.3 is 24.4 Å². The van der Waals surface area contributed by atoms with Crippen LogP contribution in [0.2, 0.25) is 0 Å². The molecule has 2 aliphatic heterocycles. The lowest BCUT2D eigenvalue weighted by atomic mass is 10.1. The number of nitrogens with zero attached hydrogens (tertiary/aromatic N) is 1. The van der Waals surface area contributed by atoms with Crippen molar-refractivity contribution in [1.82, 2.24) is 5.32 Å². The summed E-state index contributed by atoms with van der Waals surface area (Å²) >= 11 is 0. The minimum absolute atomic E-state index is 0.0888. The fourth-order valence-electron chi connectivity index (χ4n) is 3.50. The molecule has 2 aromatic rings. The van der Waals surface area contributed by atoms with Crippen molar-refractivity contribution in [3.63, 3.8) is 0 Å². The monoisotopic (exact) mass is 418 g/mol. The Hall–Kier alpha value is -3.36. The van der Waals surface area contributed by atoms with E-state index in [0.717, 1.165) is 5.56 Å². The quantitative estimate of drug-likeness (QED) is 0.748. The molecule has 1 atom stereocenters. The van der Waals surface area contributed by atoms with E-state index < -0.39 is 12.5 Å². The first-order valence-electron chi connectivity index (χ1n) is 9.51. The lowest BCUT2D eigenvalue weighted by Gasteiger charge is -2.17. The SMILES string of the molecule is O=C(NCCc1ccc(OC(F)F)cc1)C1CC(=O)N(c2ccc3c(c2)OCO3)C1. The molecule has 1 N–H and O–H groups in total. The van der Waals surface area contributed by atoms with Gasteiger partial charge in [0, 0.05) is 31.3 Å². The molecule has 30 heavy (non-hydrogen) atoms. The van der Waals surface area contributed by atoms with Crippen molar-refractivity contribution < 1.29 is 32.6 Å². The Morgan fingerprint density at radius 1 is 1.17 bits per heavy atom. The summed E-state index contributed by atoms with van der Waals surface area (Å²) in [7, 11) is 0. The minimum Gasteiger partial charge on any atom is -0.454 e. The number of amides is 2. The van der Waals surface area contributed by atoms with E-state index in [1.807, 2.05) is 0 Å². The van der Waals surface area contributed by atoms with Crippen LogP contribution < -0.4 is 24.4 Å². The molecule has 2 aliphatic rings. The van der Waals surface area contributed by atoms with Gasteiger partial charge in [-0.1, -0.05) is 12.1 Å². The van der Waals surface area contributed by atoms with Gasteiger partial charge in [0.25, 0.3) is 0 Å². The molecular formula is C21H20F2N2O5. The van der Waals surface area contributed by atoms with Gasteiger partial charge in [-0.25, -0.2) is 0 Å². The molecular weight excluding hydrogens is 398 g/mol. The smallest absolute Gasteiger partial charge is 0.387 e. The Morgan fingerprint density at radius 2 is 1.93 bits per heavy atom. The van der Waals surface area contributed by atoms with E-state index >= 15 is 0 Å². The van der Waals surface area contributed by atoms with Gasteiger partial charge in [-0.2, -0.15) is 8.78 Å². The molecule has 158 valence electrons. The van der Waals surface area contributed by atoms with Crippen molar-refractivity contribution >= 4 is 17.5 Å². The van der Waals surface area contributed by atoms with Crippen LogP contribution >= 0.6 is 0 Å². The topological polar surface area (TPSA) is 77.1 Å². The third kappa shape index (κ3) is 4.45. The molecule has 2 heterocycles. The van der Waals surface area contributed by atoms with Gasteiger partial charge in [0.15, 0.2) is 11.5 Å². The summed E-state index contributed by atoms with van der Waals surface area (Å²) in [6.07, 6.45) is 0.674. The second kappa shape index (κ2) is 8.56. The van der Waals surface area contributed by atoms with Crippen molar-refractivity contribution in [3.8, 4) is 17.2 Å². The molecule has 1 unspecified atom stereocenters. The number of halogens is 2. The highest BCUT2D eigenvalue weighted by molar-refractivity contribution is 6.00. The fraction of sp³-hybridized carbons (Fsp3) is 0.333. The molecule has 0 saturated carbocycles. The molecule has 1 fully saturated rings. The molecule has 9 heteroatoms. The number of ether oxygens (including phenoxy) is 3. The molecule has 0 bridgehead atoms. The van der Waals surface area contributed by atoms with E-state index in [9.17, 15) is 18.4 Å². The van der Waals surface area contributed by atoms with Gasteiger partial charge in [0.2, 0.25) is 18.6 Å². The number of anilines is 1. The van der Waals surface area contributed by atoms with Crippen molar-refractivity contribution in [2.24, 2.45) is 5.92 Å². The third-order valence-electron chi connectivity index (χ3n) is 5.03. The van der Waals surface area contributed by atoms with Crippen LogP contribution in [0.4, 0.5) is 14.5 Å². The first kappa shape index (κ1) is 19.9. The zero-order valence-electron chi connectivity index (χ0n) is 16.0. The molecule has 1 saturated heterocycles. The Labute approximate surface area is 171 Å². The number of hydrogen-bond donors (Lipinski definition) is 1. The van der Waals surface area contributed by atoms with Crippen molar-refractivity contribution in [3.05, 3.63) is 48.0 Å². The zero-order valence-corrected chi connectivity index (χ0v) is 16.0. The summed E-state index contributed by atoms with van der Waals surface area (Å²) < 4.78 is 39.3. The molecule has 2 aromatic carbocycles. The Morgan fingerprint density at radius 3 is 2.70 bits per heavy atom. The average Bonchev–Trinajstić information content (AvgIpc) is 3.34. The Bertz CT molecular complexity index is 935. The van der Waals surface area contributed by atoms with E-state index in [4.69, 9.17) is 9.47 Å². The lowest BCUT2D eigenvalue weighted by molar-refractivity contribution is -0.126. The van der Waals surface area contributed by atoms with Crippen LogP contribution in [0.15, 0.2) is 42.5 Å². The Kier molecular flexibility index (Phi) is 5.69. The van der Waals surface area contributed by atoms with E-state index in [0.29, 0.717) is 36.7 Å². The summed E-state index contributed by atoms with van der Waals surface area (Å²) in [5, 5.41) is 2.84. The molecule has 0 radical (unpaired) electrons. The fourth-order valence-corrected chi connectivity index (χ4v) is 3.50. The Balaban J connectivity index is 1.28. The molecule has 7 nitrogen and oxygen atoms in total. The predicted molar refractivity (Wildman–Crippen MR) is 103 cm³/mol. The third-order valence-corrected chi connectivity index (χ3v) is 5.03. The number of benzene rings is 2. The number of carbonyl (C=O) groups excluding carboxylic acids is 2. The van der Waals surface area contributed by atoms with Crippen LogP contribution in [0, 0.1) is 5.92 Å². The van der Waals surface area contributed by atoms with Crippen LogP contribution in [0.25, 0.3) is 0 Å². The van der Waals surface area contributed by atoms with Crippen LogP contribution in [0.5, 0.6) is 17.2 Å². The summed E-state index contributed by atoms with van der Waals surface area (Å²) in [5.41, 5.74) is 1.55. The van der Waals surface area contributed by atoms with E-state index in [2.05, 4.69) is 10.1 Å². The second-order valence-electron chi connectivity index (χ2n) is 7.01. The summed E-state index contributed by atoms with van der Waals surface area (Å²) in [4.78, 5) is 26.5. The summed E-state index contributed by atoms with van der Waals surface area (Å²) in [6, 6.07) is 11.5. The number of alkyl halides is 2. The highest BCUT2D eigenvalue weighted by Crippen LogP contribution is 2.37. The number of fused-ring (bicyclic) bond motifs is 1. The van der Waals surface area contributed by atoms with Crippen molar-refractivity contribution in [2.75, 3.05) is 24.8 Å². The van der Waals surface area contributed by atoms with E-state index in [1.165, 1.54) is 12.1 Å². The number of carbonyl (C=O) groups is 2. The average molecular weight is 418 g/mol. The van der Waals surface area contributed by atoms with Gasteiger partial charge in [-0.3, -0.25) is 9.59 Å². The molecule has 0 aliphatic carbocycles. The standard InChI is InChI=1S/C21H20F2N2O5/c22-21(23)30-16-4-1-13(2-5-16)7-8-24-20(27)14-9-19(26)25(11-14)15-3-6-17-18(10-15)29-12-28-17/h1-6,10,14,21H,7-9,11-12H2,(H,24,27). The maximum atomic E-state index is 12.5. The molecule has 4 rings (SSSR count). The normalized spacial score (nSPS) is 17.5. The van der Waals surface area contributed by atoms with Crippen molar-refractivity contribution in [1.29, 1.82) is 0 Å². The minimum atomic E-state index is -2.86. The van der Waals surface area contributed by atoms with Gasteiger partial charge in [-0.05, 0) is 36.2 Å². The van der Waals surface area contributed by atoms with Crippen LogP contribution in [-0.4, -0.2) is 38.3 Å². The van der Waals surface area contributed by atoms with Crippen molar-refractivity contribution in [2.45, 2.75) is 19.5 Å².